The summed E-state index contributed by atoms with van der Waals surface area (Å²) < 4.78 is 16.5. The van der Waals surface area contributed by atoms with Crippen molar-refractivity contribution < 1.29 is 23.8 Å². The molecule has 0 saturated carbocycles. The van der Waals surface area contributed by atoms with Crippen molar-refractivity contribution in [3.05, 3.63) is 53.6 Å². The number of methoxy groups -OCH3 is 1. The topological polar surface area (TPSA) is 68.3 Å². The van der Waals surface area contributed by atoms with E-state index in [0.717, 1.165) is 11.3 Å². The number of hydrogen-bond donors (Lipinski definition) is 0. The maximum Gasteiger partial charge on any atom is 0.414 e. The molecule has 0 N–H and O–H groups in total. The molecular formula is C24H28N2O5. The first-order valence-electron chi connectivity index (χ1n) is 10.7. The molecule has 164 valence electrons. The van der Waals surface area contributed by atoms with Gasteiger partial charge in [0.15, 0.2) is 0 Å². The average Bonchev–Trinajstić information content (AvgIpc) is 2.78. The van der Waals surface area contributed by atoms with Crippen molar-refractivity contribution in [3.8, 4) is 11.5 Å². The number of benzene rings is 2. The molecule has 4 rings (SSSR count). The zero-order valence-electron chi connectivity index (χ0n) is 18.2. The number of nitrogens with zero attached hydrogens (tertiary/aromatic N) is 2. The number of anilines is 1. The van der Waals surface area contributed by atoms with Gasteiger partial charge in [-0.2, -0.15) is 0 Å². The van der Waals surface area contributed by atoms with Crippen LogP contribution in [0.15, 0.2) is 42.5 Å². The molecule has 2 aliphatic heterocycles. The van der Waals surface area contributed by atoms with E-state index in [2.05, 4.69) is 0 Å². The van der Waals surface area contributed by atoms with E-state index in [-0.39, 0.29) is 24.1 Å². The number of hydrogen-bond acceptors (Lipinski definition) is 5. The summed E-state index contributed by atoms with van der Waals surface area (Å²) in [5, 5.41) is 0. The quantitative estimate of drug-likeness (QED) is 0.718. The monoisotopic (exact) mass is 424 g/mol. The summed E-state index contributed by atoms with van der Waals surface area (Å²) >= 11 is 0. The predicted octanol–water partition coefficient (Wildman–Crippen LogP) is 4.24. The van der Waals surface area contributed by atoms with Crippen LogP contribution in [0.25, 0.3) is 0 Å². The van der Waals surface area contributed by atoms with Crippen molar-refractivity contribution in [3.63, 3.8) is 0 Å². The number of piperidine rings is 1. The third-order valence-corrected chi connectivity index (χ3v) is 5.69. The first-order chi connectivity index (χ1) is 15.0. The van der Waals surface area contributed by atoms with Gasteiger partial charge in [-0.05, 0) is 44.9 Å². The second-order valence-electron chi connectivity index (χ2n) is 8.11. The Bertz CT molecular complexity index is 966. The highest BCUT2D eigenvalue weighted by molar-refractivity contribution is 5.97. The Morgan fingerprint density at radius 1 is 1.13 bits per heavy atom. The van der Waals surface area contributed by atoms with Crippen LogP contribution >= 0.6 is 0 Å². The molecule has 0 radical (unpaired) electrons. The molecule has 7 heteroatoms. The smallest absolute Gasteiger partial charge is 0.414 e. The van der Waals surface area contributed by atoms with E-state index in [0.29, 0.717) is 49.6 Å². The van der Waals surface area contributed by atoms with Gasteiger partial charge in [0.1, 0.15) is 18.1 Å². The molecule has 1 saturated heterocycles. The van der Waals surface area contributed by atoms with Gasteiger partial charge in [0.25, 0.3) is 5.91 Å². The van der Waals surface area contributed by atoms with E-state index in [4.69, 9.17) is 14.2 Å². The molecule has 0 aromatic heterocycles. The van der Waals surface area contributed by atoms with Crippen LogP contribution in [0.2, 0.25) is 0 Å². The van der Waals surface area contributed by atoms with Crippen LogP contribution in [0.3, 0.4) is 0 Å². The second-order valence-corrected chi connectivity index (χ2v) is 8.11. The number of para-hydroxylation sites is 1. The number of rotatable bonds is 5. The standard InChI is InChI=1S/C24H28N2O5/c1-16(2)31-19-8-9-20(22(14-19)29-3)23(27)25-12-10-18(11-13-25)26-21-7-5-4-6-17(21)15-30-24(26)28/h4-9,14,16,18H,10-13,15H2,1-3H3. The Kier molecular flexibility index (Phi) is 6.02. The summed E-state index contributed by atoms with van der Waals surface area (Å²) in [5.41, 5.74) is 2.43. The SMILES string of the molecule is COc1cc(OC(C)C)ccc1C(=O)N1CCC(N2C(=O)OCc3ccccc32)CC1. The summed E-state index contributed by atoms with van der Waals surface area (Å²) in [4.78, 5) is 29.2. The van der Waals surface area contributed by atoms with Gasteiger partial charge in [-0.15, -0.1) is 0 Å². The largest absolute Gasteiger partial charge is 0.496 e. The van der Waals surface area contributed by atoms with Crippen molar-refractivity contribution in [2.24, 2.45) is 0 Å². The third-order valence-electron chi connectivity index (χ3n) is 5.69. The number of cyclic esters (lactones) is 1. The van der Waals surface area contributed by atoms with Crippen LogP contribution in [0, 0.1) is 0 Å². The number of amides is 2. The highest BCUT2D eigenvalue weighted by atomic mass is 16.6. The molecule has 0 spiro atoms. The lowest BCUT2D eigenvalue weighted by Gasteiger charge is -2.40. The van der Waals surface area contributed by atoms with Gasteiger partial charge in [0.05, 0.1) is 24.5 Å². The maximum absolute atomic E-state index is 13.2. The minimum absolute atomic E-state index is 0.00159. The van der Waals surface area contributed by atoms with Crippen LogP contribution < -0.4 is 14.4 Å². The summed E-state index contributed by atoms with van der Waals surface area (Å²) in [6, 6.07) is 13.1. The molecule has 2 amide bonds. The van der Waals surface area contributed by atoms with E-state index < -0.39 is 0 Å². The van der Waals surface area contributed by atoms with Gasteiger partial charge in [-0.25, -0.2) is 4.79 Å². The molecule has 0 atom stereocenters. The van der Waals surface area contributed by atoms with Gasteiger partial charge >= 0.3 is 6.09 Å². The second kappa shape index (κ2) is 8.88. The number of ether oxygens (including phenoxy) is 3. The molecule has 0 unspecified atom stereocenters. The molecule has 31 heavy (non-hydrogen) atoms. The van der Waals surface area contributed by atoms with E-state index in [1.165, 1.54) is 0 Å². The van der Waals surface area contributed by atoms with E-state index in [1.54, 1.807) is 30.2 Å². The zero-order valence-corrected chi connectivity index (χ0v) is 18.2. The fourth-order valence-corrected chi connectivity index (χ4v) is 4.21. The molecule has 2 heterocycles. The van der Waals surface area contributed by atoms with Crippen molar-refractivity contribution in [1.29, 1.82) is 0 Å². The van der Waals surface area contributed by atoms with Gasteiger partial charge < -0.3 is 19.1 Å². The Hall–Kier alpha value is -3.22. The van der Waals surface area contributed by atoms with Crippen LogP contribution in [-0.4, -0.2) is 49.2 Å². The van der Waals surface area contributed by atoms with Gasteiger partial charge in [-0.1, -0.05) is 18.2 Å². The zero-order chi connectivity index (χ0) is 22.0. The number of likely N-dealkylation sites (tertiary alicyclic amines) is 1. The minimum Gasteiger partial charge on any atom is -0.496 e. The summed E-state index contributed by atoms with van der Waals surface area (Å²) in [6.07, 6.45) is 1.10. The van der Waals surface area contributed by atoms with Crippen LogP contribution in [0.1, 0.15) is 42.6 Å². The first kappa shape index (κ1) is 21.0. The van der Waals surface area contributed by atoms with Crippen LogP contribution in [0.5, 0.6) is 11.5 Å². The van der Waals surface area contributed by atoms with Crippen molar-refractivity contribution >= 4 is 17.7 Å². The predicted molar refractivity (Wildman–Crippen MR) is 117 cm³/mol. The molecule has 7 nitrogen and oxygen atoms in total. The highest BCUT2D eigenvalue weighted by Gasteiger charge is 2.35. The third kappa shape index (κ3) is 4.31. The summed E-state index contributed by atoms with van der Waals surface area (Å²) in [5.74, 6) is 1.09. The first-order valence-corrected chi connectivity index (χ1v) is 10.7. The highest BCUT2D eigenvalue weighted by Crippen LogP contribution is 2.33. The number of carbonyl (C=O) groups is 2. The molecule has 2 aromatic carbocycles. The minimum atomic E-state index is -0.314. The van der Waals surface area contributed by atoms with E-state index in [1.807, 2.05) is 43.0 Å². The number of carbonyl (C=O) groups excluding carboxylic acids is 2. The number of fused-ring (bicyclic) bond motifs is 1. The Morgan fingerprint density at radius 2 is 1.87 bits per heavy atom. The van der Waals surface area contributed by atoms with Gasteiger partial charge in [0.2, 0.25) is 0 Å². The molecule has 0 bridgehead atoms. The normalized spacial score (nSPS) is 16.7. The van der Waals surface area contributed by atoms with Crippen molar-refractivity contribution in [2.75, 3.05) is 25.1 Å². The van der Waals surface area contributed by atoms with E-state index >= 15 is 0 Å². The van der Waals surface area contributed by atoms with Crippen LogP contribution in [-0.2, 0) is 11.3 Å². The molecule has 0 aliphatic carbocycles. The fraction of sp³-hybridized carbons (Fsp3) is 0.417. The Morgan fingerprint density at radius 3 is 2.58 bits per heavy atom. The molecular weight excluding hydrogens is 396 g/mol. The van der Waals surface area contributed by atoms with Crippen molar-refractivity contribution in [1.82, 2.24) is 4.90 Å². The van der Waals surface area contributed by atoms with Crippen molar-refractivity contribution in [2.45, 2.75) is 45.4 Å². The lowest BCUT2D eigenvalue weighted by atomic mass is 10.00. The summed E-state index contributed by atoms with van der Waals surface area (Å²) in [6.45, 7) is 5.32. The van der Waals surface area contributed by atoms with Crippen LogP contribution in [0.4, 0.5) is 10.5 Å². The Labute approximate surface area is 182 Å². The molecule has 2 aliphatic rings. The average molecular weight is 424 g/mol. The fourth-order valence-electron chi connectivity index (χ4n) is 4.21. The summed E-state index contributed by atoms with van der Waals surface area (Å²) in [7, 11) is 1.55. The lowest BCUT2D eigenvalue weighted by Crippen LogP contribution is -2.50. The van der Waals surface area contributed by atoms with E-state index in [9.17, 15) is 9.59 Å². The van der Waals surface area contributed by atoms with Gasteiger partial charge in [0, 0.05) is 30.8 Å². The molecule has 2 aromatic rings. The maximum atomic E-state index is 13.2. The molecule has 1 fully saturated rings. The lowest BCUT2D eigenvalue weighted by molar-refractivity contribution is 0.0705. The van der Waals surface area contributed by atoms with Gasteiger partial charge in [-0.3, -0.25) is 9.69 Å². The Balaban J connectivity index is 1.46.